The predicted octanol–water partition coefficient (Wildman–Crippen LogP) is 1.80. The number of carboxylic acid groups (broad SMARTS) is 1. The summed E-state index contributed by atoms with van der Waals surface area (Å²) in [5.41, 5.74) is 0.176. The van der Waals surface area contributed by atoms with Gasteiger partial charge in [-0.1, -0.05) is 13.0 Å². The summed E-state index contributed by atoms with van der Waals surface area (Å²) in [4.78, 5) is 9.60. The molecule has 1 aliphatic heterocycles. The van der Waals surface area contributed by atoms with E-state index in [0.717, 1.165) is 6.61 Å². The van der Waals surface area contributed by atoms with Gasteiger partial charge < -0.3 is 9.53 Å². The molecule has 76 valence electrons. The van der Waals surface area contributed by atoms with Crippen LogP contribution in [-0.2, 0) is 9.22 Å². The Bertz CT molecular complexity index is 162. The zero-order valence-corrected chi connectivity index (χ0v) is 9.53. The molecule has 0 amide bonds. The molecule has 1 heterocycles. The normalized spacial score (nSPS) is 21.2. The Morgan fingerprint density at radius 3 is 2.23 bits per heavy atom. The first-order chi connectivity index (χ1) is 6.04. The van der Waals surface area contributed by atoms with Crippen LogP contribution in [0.25, 0.3) is 0 Å². The van der Waals surface area contributed by atoms with Crippen molar-refractivity contribution in [3.05, 3.63) is 12.2 Å². The first-order valence-corrected chi connectivity index (χ1v) is 6.98. The van der Waals surface area contributed by atoms with Gasteiger partial charge in [-0.25, -0.2) is 4.79 Å². The monoisotopic (exact) mass is 202 g/mol. The van der Waals surface area contributed by atoms with Crippen LogP contribution in [-0.4, -0.2) is 26.7 Å². The Kier molecular flexibility index (Phi) is 6.53. The first-order valence-electron chi connectivity index (χ1n) is 4.54. The van der Waals surface area contributed by atoms with Crippen molar-refractivity contribution in [2.45, 2.75) is 32.4 Å². The van der Waals surface area contributed by atoms with E-state index in [0.29, 0.717) is 0 Å². The van der Waals surface area contributed by atoms with Crippen molar-refractivity contribution < 1.29 is 14.3 Å². The lowest BCUT2D eigenvalue weighted by molar-refractivity contribution is -0.132. The highest BCUT2D eigenvalue weighted by Crippen LogP contribution is 2.09. The van der Waals surface area contributed by atoms with Gasteiger partial charge in [-0.3, -0.25) is 0 Å². The molecular formula is C9H18O3Si. The van der Waals surface area contributed by atoms with Gasteiger partial charge in [0.1, 0.15) is 0 Å². The lowest BCUT2D eigenvalue weighted by Gasteiger charge is -2.16. The molecule has 0 aromatic heterocycles. The molecule has 0 bridgehead atoms. The molecule has 4 heteroatoms. The molecule has 1 saturated heterocycles. The third kappa shape index (κ3) is 7.74. The van der Waals surface area contributed by atoms with Gasteiger partial charge >= 0.3 is 5.97 Å². The second-order valence-corrected chi connectivity index (χ2v) is 5.79. The van der Waals surface area contributed by atoms with E-state index in [4.69, 9.17) is 9.53 Å². The SMILES string of the molecule is C=C(C)C(=O)O.C[SiH]1CCCCO1. The van der Waals surface area contributed by atoms with E-state index < -0.39 is 15.0 Å². The maximum absolute atomic E-state index is 9.60. The number of rotatable bonds is 1. The Morgan fingerprint density at radius 2 is 2.08 bits per heavy atom. The second-order valence-electron chi connectivity index (χ2n) is 3.26. The maximum Gasteiger partial charge on any atom is 0.330 e. The van der Waals surface area contributed by atoms with Crippen molar-refractivity contribution >= 4 is 15.0 Å². The van der Waals surface area contributed by atoms with Crippen molar-refractivity contribution in [3.8, 4) is 0 Å². The molecule has 1 fully saturated rings. The number of hydrogen-bond acceptors (Lipinski definition) is 2. The van der Waals surface area contributed by atoms with E-state index in [9.17, 15) is 4.79 Å². The fraction of sp³-hybridized carbons (Fsp3) is 0.667. The average Bonchev–Trinajstić information content (AvgIpc) is 2.06. The molecule has 0 aromatic carbocycles. The van der Waals surface area contributed by atoms with Crippen molar-refractivity contribution in [2.24, 2.45) is 0 Å². The lowest BCUT2D eigenvalue weighted by atomic mass is 10.4. The standard InChI is InChI=1S/C5H12OSi.C4H6O2/c1-7-5-3-2-4-6-7;1-3(2)4(5)6/h7H,2-5H2,1H3;1H2,2H3,(H,5,6). The predicted molar refractivity (Wildman–Crippen MR) is 55.5 cm³/mol. The molecule has 1 atom stereocenters. The summed E-state index contributed by atoms with van der Waals surface area (Å²) >= 11 is 0. The highest BCUT2D eigenvalue weighted by atomic mass is 28.3. The minimum Gasteiger partial charge on any atom is -0.478 e. The smallest absolute Gasteiger partial charge is 0.330 e. The number of hydrogen-bond donors (Lipinski definition) is 1. The van der Waals surface area contributed by atoms with Crippen LogP contribution in [0.15, 0.2) is 12.2 Å². The largest absolute Gasteiger partial charge is 0.478 e. The van der Waals surface area contributed by atoms with Gasteiger partial charge in [0.15, 0.2) is 9.04 Å². The van der Waals surface area contributed by atoms with Gasteiger partial charge in [0, 0.05) is 12.2 Å². The van der Waals surface area contributed by atoms with Crippen molar-refractivity contribution in [1.29, 1.82) is 0 Å². The summed E-state index contributed by atoms with van der Waals surface area (Å²) in [5.74, 6) is -0.935. The quantitative estimate of drug-likeness (QED) is 0.521. The Labute approximate surface area is 81.1 Å². The van der Waals surface area contributed by atoms with E-state index in [1.54, 1.807) is 0 Å². The van der Waals surface area contributed by atoms with E-state index in [1.807, 2.05) is 0 Å². The molecular weight excluding hydrogens is 184 g/mol. The third-order valence-electron chi connectivity index (χ3n) is 1.77. The van der Waals surface area contributed by atoms with Crippen LogP contribution < -0.4 is 0 Å². The molecule has 1 aliphatic rings. The number of carbonyl (C=O) groups is 1. The minimum atomic E-state index is -0.935. The van der Waals surface area contributed by atoms with Crippen LogP contribution in [0, 0.1) is 0 Å². The van der Waals surface area contributed by atoms with Gasteiger partial charge in [-0.2, -0.15) is 0 Å². The summed E-state index contributed by atoms with van der Waals surface area (Å²) in [6, 6.07) is 1.40. The molecule has 0 radical (unpaired) electrons. The van der Waals surface area contributed by atoms with Crippen molar-refractivity contribution in [3.63, 3.8) is 0 Å². The third-order valence-corrected chi connectivity index (χ3v) is 3.80. The number of carboxylic acids is 1. The van der Waals surface area contributed by atoms with Gasteiger partial charge in [-0.15, -0.1) is 0 Å². The molecule has 3 nitrogen and oxygen atoms in total. The summed E-state index contributed by atoms with van der Waals surface area (Å²) in [7, 11) is -0.595. The molecule has 0 aliphatic carbocycles. The van der Waals surface area contributed by atoms with Crippen LogP contribution in [0.1, 0.15) is 19.8 Å². The van der Waals surface area contributed by atoms with Crippen LogP contribution in [0.3, 0.4) is 0 Å². The molecule has 1 N–H and O–H groups in total. The van der Waals surface area contributed by atoms with E-state index in [2.05, 4.69) is 13.1 Å². The van der Waals surface area contributed by atoms with Crippen LogP contribution >= 0.6 is 0 Å². The topological polar surface area (TPSA) is 46.5 Å². The van der Waals surface area contributed by atoms with Gasteiger partial charge in [0.2, 0.25) is 0 Å². The van der Waals surface area contributed by atoms with E-state index in [1.165, 1.54) is 25.8 Å². The highest BCUT2D eigenvalue weighted by Gasteiger charge is 2.08. The van der Waals surface area contributed by atoms with Crippen molar-refractivity contribution in [1.82, 2.24) is 0 Å². The zero-order chi connectivity index (χ0) is 10.3. The first kappa shape index (κ1) is 12.4. The summed E-state index contributed by atoms with van der Waals surface area (Å²) in [6.45, 7) is 7.93. The zero-order valence-electron chi connectivity index (χ0n) is 8.38. The maximum atomic E-state index is 9.60. The molecule has 0 saturated carbocycles. The van der Waals surface area contributed by atoms with Crippen molar-refractivity contribution in [2.75, 3.05) is 6.61 Å². The highest BCUT2D eigenvalue weighted by molar-refractivity contribution is 6.50. The van der Waals surface area contributed by atoms with Crippen LogP contribution in [0.5, 0.6) is 0 Å². The summed E-state index contributed by atoms with van der Waals surface area (Å²) < 4.78 is 5.42. The van der Waals surface area contributed by atoms with E-state index in [-0.39, 0.29) is 5.57 Å². The fourth-order valence-electron chi connectivity index (χ4n) is 0.902. The second kappa shape index (κ2) is 6.86. The van der Waals surface area contributed by atoms with Gasteiger partial charge in [0.05, 0.1) is 0 Å². The molecule has 1 rings (SSSR count). The molecule has 0 spiro atoms. The minimum absolute atomic E-state index is 0.176. The Morgan fingerprint density at radius 1 is 1.54 bits per heavy atom. The summed E-state index contributed by atoms with van der Waals surface area (Å²) in [6.07, 6.45) is 2.73. The van der Waals surface area contributed by atoms with Gasteiger partial charge in [0.25, 0.3) is 0 Å². The van der Waals surface area contributed by atoms with Crippen LogP contribution in [0.4, 0.5) is 0 Å². The van der Waals surface area contributed by atoms with Gasteiger partial charge in [-0.05, 0) is 25.9 Å². The fourth-order valence-corrected chi connectivity index (χ4v) is 2.50. The lowest BCUT2D eigenvalue weighted by Crippen LogP contribution is -2.18. The van der Waals surface area contributed by atoms with Crippen LogP contribution in [0.2, 0.25) is 12.6 Å². The van der Waals surface area contributed by atoms with E-state index >= 15 is 0 Å². The molecule has 13 heavy (non-hydrogen) atoms. The Balaban J connectivity index is 0.000000226. The average molecular weight is 202 g/mol. The summed E-state index contributed by atoms with van der Waals surface area (Å²) in [5, 5.41) is 7.89. The molecule has 1 unspecified atom stereocenters. The number of aliphatic carboxylic acids is 1. The molecule has 0 aromatic rings. The Hall–Kier alpha value is -0.613.